The molecule has 1 fully saturated rings. The van der Waals surface area contributed by atoms with Crippen molar-refractivity contribution >= 4 is 29.1 Å². The molecule has 0 N–H and O–H groups in total. The summed E-state index contributed by atoms with van der Waals surface area (Å²) < 4.78 is 0. The summed E-state index contributed by atoms with van der Waals surface area (Å²) >= 11 is 0. The predicted molar refractivity (Wildman–Crippen MR) is 133 cm³/mol. The van der Waals surface area contributed by atoms with Gasteiger partial charge in [0, 0.05) is 37.4 Å². The third-order valence-electron chi connectivity index (χ3n) is 6.76. The normalized spacial score (nSPS) is 15.7. The van der Waals surface area contributed by atoms with Crippen molar-refractivity contribution in [1.29, 1.82) is 0 Å². The highest BCUT2D eigenvalue weighted by molar-refractivity contribution is 6.35. The van der Waals surface area contributed by atoms with Crippen LogP contribution in [0.2, 0.25) is 0 Å². The first-order chi connectivity index (χ1) is 16.3. The van der Waals surface area contributed by atoms with Gasteiger partial charge in [-0.3, -0.25) is 14.4 Å². The summed E-state index contributed by atoms with van der Waals surface area (Å²) in [5, 5.41) is 0. The highest BCUT2D eigenvalue weighted by Crippen LogP contribution is 2.32. The second-order valence-electron chi connectivity index (χ2n) is 9.06. The third-order valence-corrected chi connectivity index (χ3v) is 6.76. The minimum atomic E-state index is -0.382. The van der Waals surface area contributed by atoms with Gasteiger partial charge in [-0.1, -0.05) is 30.3 Å². The minimum absolute atomic E-state index is 0.113. The highest BCUT2D eigenvalue weighted by atomic mass is 16.2. The van der Waals surface area contributed by atoms with Crippen molar-refractivity contribution in [2.75, 3.05) is 36.0 Å². The van der Waals surface area contributed by atoms with Gasteiger partial charge in [0.2, 0.25) is 0 Å². The SMILES string of the molecule is Cc1ccc(C)c(N2C(=O)c3ccc(C(=O)N4CCN(c5ccccc5C)CC4)cc3C2=O)c1. The van der Waals surface area contributed by atoms with Crippen LogP contribution >= 0.6 is 0 Å². The molecule has 5 rings (SSSR count). The van der Waals surface area contributed by atoms with Crippen molar-refractivity contribution in [3.05, 3.63) is 94.0 Å². The zero-order chi connectivity index (χ0) is 24.0. The Labute approximate surface area is 199 Å². The lowest BCUT2D eigenvalue weighted by molar-refractivity contribution is 0.0746. The van der Waals surface area contributed by atoms with E-state index >= 15 is 0 Å². The van der Waals surface area contributed by atoms with Crippen molar-refractivity contribution in [1.82, 2.24) is 4.90 Å². The quantitative estimate of drug-likeness (QED) is 0.553. The van der Waals surface area contributed by atoms with Gasteiger partial charge in [0.05, 0.1) is 16.8 Å². The lowest BCUT2D eigenvalue weighted by Crippen LogP contribution is -2.49. The topological polar surface area (TPSA) is 60.9 Å². The van der Waals surface area contributed by atoms with Gasteiger partial charge in [-0.05, 0) is 67.8 Å². The molecule has 2 aliphatic rings. The van der Waals surface area contributed by atoms with Crippen molar-refractivity contribution in [2.45, 2.75) is 20.8 Å². The molecule has 3 aromatic carbocycles. The number of aryl methyl sites for hydroxylation is 3. The molecule has 0 radical (unpaired) electrons. The maximum absolute atomic E-state index is 13.2. The molecule has 2 heterocycles. The fourth-order valence-electron chi connectivity index (χ4n) is 4.80. The number of amides is 3. The van der Waals surface area contributed by atoms with E-state index in [1.165, 1.54) is 16.2 Å². The molecule has 0 spiro atoms. The van der Waals surface area contributed by atoms with Crippen LogP contribution in [0.5, 0.6) is 0 Å². The smallest absolute Gasteiger partial charge is 0.266 e. The molecule has 2 aliphatic heterocycles. The number of rotatable bonds is 3. The van der Waals surface area contributed by atoms with Gasteiger partial charge in [-0.2, -0.15) is 0 Å². The maximum Gasteiger partial charge on any atom is 0.266 e. The summed E-state index contributed by atoms with van der Waals surface area (Å²) in [6.45, 7) is 8.61. The Morgan fingerprint density at radius 1 is 0.706 bits per heavy atom. The second kappa shape index (κ2) is 8.45. The van der Waals surface area contributed by atoms with E-state index in [9.17, 15) is 14.4 Å². The van der Waals surface area contributed by atoms with Gasteiger partial charge in [0.15, 0.2) is 0 Å². The molecule has 0 unspecified atom stereocenters. The molecule has 3 amide bonds. The van der Waals surface area contributed by atoms with Crippen LogP contribution in [0.3, 0.4) is 0 Å². The monoisotopic (exact) mass is 453 g/mol. The average molecular weight is 454 g/mol. The molecule has 0 aromatic heterocycles. The Morgan fingerprint density at radius 3 is 2.12 bits per heavy atom. The molecule has 34 heavy (non-hydrogen) atoms. The van der Waals surface area contributed by atoms with E-state index in [0.29, 0.717) is 29.9 Å². The first kappa shape index (κ1) is 21.9. The van der Waals surface area contributed by atoms with Crippen molar-refractivity contribution < 1.29 is 14.4 Å². The first-order valence-corrected chi connectivity index (χ1v) is 11.5. The van der Waals surface area contributed by atoms with Crippen LogP contribution in [0.4, 0.5) is 11.4 Å². The fourth-order valence-corrected chi connectivity index (χ4v) is 4.80. The molecule has 0 aliphatic carbocycles. The standard InChI is InChI=1S/C28H27N3O3/c1-18-8-9-20(3)25(16-18)31-27(33)22-11-10-21(17-23(22)28(31)34)26(32)30-14-12-29(13-15-30)24-7-5-4-6-19(24)2/h4-11,16-17H,12-15H2,1-3H3. The summed E-state index contributed by atoms with van der Waals surface area (Å²) in [6.07, 6.45) is 0. The summed E-state index contributed by atoms with van der Waals surface area (Å²) in [5.41, 5.74) is 5.89. The summed E-state index contributed by atoms with van der Waals surface area (Å²) in [5.74, 6) is -0.843. The lowest BCUT2D eigenvalue weighted by atomic mass is 10.0. The van der Waals surface area contributed by atoms with Crippen LogP contribution in [0.1, 0.15) is 47.8 Å². The van der Waals surface area contributed by atoms with Crippen molar-refractivity contribution in [2.24, 2.45) is 0 Å². The Morgan fingerprint density at radius 2 is 1.38 bits per heavy atom. The third kappa shape index (κ3) is 3.65. The highest BCUT2D eigenvalue weighted by Gasteiger charge is 2.38. The Kier molecular flexibility index (Phi) is 5.44. The fraction of sp³-hybridized carbons (Fsp3) is 0.250. The number of para-hydroxylation sites is 1. The maximum atomic E-state index is 13.2. The first-order valence-electron chi connectivity index (χ1n) is 11.5. The Hall–Kier alpha value is -3.93. The van der Waals surface area contributed by atoms with Crippen LogP contribution in [-0.2, 0) is 0 Å². The summed E-state index contributed by atoms with van der Waals surface area (Å²) in [4.78, 5) is 44.9. The predicted octanol–water partition coefficient (Wildman–Crippen LogP) is 4.37. The van der Waals surface area contributed by atoms with Gasteiger partial charge in [-0.25, -0.2) is 4.90 Å². The number of piperazine rings is 1. The van der Waals surface area contributed by atoms with E-state index in [0.717, 1.165) is 24.2 Å². The van der Waals surface area contributed by atoms with Gasteiger partial charge in [0.25, 0.3) is 17.7 Å². The Balaban J connectivity index is 1.35. The number of benzene rings is 3. The number of nitrogens with zero attached hydrogens (tertiary/aromatic N) is 3. The van der Waals surface area contributed by atoms with E-state index < -0.39 is 0 Å². The molecule has 0 atom stereocenters. The Bertz CT molecular complexity index is 1320. The molecule has 6 nitrogen and oxygen atoms in total. The van der Waals surface area contributed by atoms with Gasteiger partial charge in [-0.15, -0.1) is 0 Å². The number of hydrogen-bond donors (Lipinski definition) is 0. The van der Waals surface area contributed by atoms with Crippen LogP contribution in [0.25, 0.3) is 0 Å². The number of carbonyl (C=O) groups excluding carboxylic acids is 3. The molecule has 0 saturated carbocycles. The van der Waals surface area contributed by atoms with Gasteiger partial charge >= 0.3 is 0 Å². The van der Waals surface area contributed by atoms with Crippen LogP contribution in [0.15, 0.2) is 60.7 Å². The van der Waals surface area contributed by atoms with Crippen LogP contribution < -0.4 is 9.80 Å². The van der Waals surface area contributed by atoms with Crippen molar-refractivity contribution in [3.8, 4) is 0 Å². The van der Waals surface area contributed by atoms with Crippen LogP contribution in [0, 0.1) is 20.8 Å². The lowest BCUT2D eigenvalue weighted by Gasteiger charge is -2.36. The van der Waals surface area contributed by atoms with E-state index in [1.807, 2.05) is 49.1 Å². The number of anilines is 2. The number of imide groups is 1. The molecule has 6 heteroatoms. The molecular formula is C28H27N3O3. The van der Waals surface area contributed by atoms with Gasteiger partial charge in [0.1, 0.15) is 0 Å². The van der Waals surface area contributed by atoms with E-state index in [1.54, 1.807) is 18.2 Å². The van der Waals surface area contributed by atoms with Crippen LogP contribution in [-0.4, -0.2) is 48.8 Å². The molecule has 3 aromatic rings. The van der Waals surface area contributed by atoms with E-state index in [2.05, 4.69) is 24.0 Å². The van der Waals surface area contributed by atoms with E-state index in [4.69, 9.17) is 0 Å². The molecule has 1 saturated heterocycles. The second-order valence-corrected chi connectivity index (χ2v) is 9.06. The number of hydrogen-bond acceptors (Lipinski definition) is 4. The molecule has 172 valence electrons. The largest absolute Gasteiger partial charge is 0.368 e. The summed E-state index contributed by atoms with van der Waals surface area (Å²) in [7, 11) is 0. The van der Waals surface area contributed by atoms with Gasteiger partial charge < -0.3 is 9.80 Å². The average Bonchev–Trinajstić information content (AvgIpc) is 3.10. The number of carbonyl (C=O) groups is 3. The molecule has 0 bridgehead atoms. The minimum Gasteiger partial charge on any atom is -0.368 e. The molecular weight excluding hydrogens is 426 g/mol. The zero-order valence-corrected chi connectivity index (χ0v) is 19.7. The zero-order valence-electron chi connectivity index (χ0n) is 19.7. The van der Waals surface area contributed by atoms with E-state index in [-0.39, 0.29) is 23.3 Å². The summed E-state index contributed by atoms with van der Waals surface area (Å²) in [6, 6.07) is 18.8. The van der Waals surface area contributed by atoms with Crippen molar-refractivity contribution in [3.63, 3.8) is 0 Å². The number of fused-ring (bicyclic) bond motifs is 1.